The van der Waals surface area contributed by atoms with E-state index in [-0.39, 0.29) is 0 Å². The summed E-state index contributed by atoms with van der Waals surface area (Å²) in [4.78, 5) is 0. The molecule has 0 radical (unpaired) electrons. The van der Waals surface area contributed by atoms with E-state index in [2.05, 4.69) is 19.1 Å². The highest BCUT2D eigenvalue weighted by Crippen LogP contribution is 2.30. The van der Waals surface area contributed by atoms with Gasteiger partial charge in [-0.1, -0.05) is 17.7 Å². The van der Waals surface area contributed by atoms with Gasteiger partial charge in [-0.05, 0) is 56.0 Å². The third-order valence-electron chi connectivity index (χ3n) is 3.16. The standard InChI is InChI=1S/C15H18O2/c1-9-7-11(3)13(12(4)8-9)14(16)15-10(2)5-6-17-15/h5-8,14,16H,1-4H3. The molecular formula is C15H18O2. The van der Waals surface area contributed by atoms with Crippen LogP contribution in [0.3, 0.4) is 0 Å². The van der Waals surface area contributed by atoms with Crippen molar-refractivity contribution in [3.63, 3.8) is 0 Å². The fourth-order valence-corrected chi connectivity index (χ4v) is 2.42. The molecule has 2 nitrogen and oxygen atoms in total. The van der Waals surface area contributed by atoms with Gasteiger partial charge in [-0.25, -0.2) is 0 Å². The Balaban J connectivity index is 2.51. The molecule has 90 valence electrons. The largest absolute Gasteiger partial charge is 0.466 e. The number of hydrogen-bond donors (Lipinski definition) is 1. The molecule has 2 rings (SSSR count). The fourth-order valence-electron chi connectivity index (χ4n) is 2.42. The van der Waals surface area contributed by atoms with Crippen molar-refractivity contribution in [2.24, 2.45) is 0 Å². The van der Waals surface area contributed by atoms with Crippen molar-refractivity contribution >= 4 is 0 Å². The minimum absolute atomic E-state index is 0.639. The lowest BCUT2D eigenvalue weighted by Gasteiger charge is -2.16. The topological polar surface area (TPSA) is 33.4 Å². The lowest BCUT2D eigenvalue weighted by Crippen LogP contribution is -2.05. The molecule has 2 aromatic rings. The van der Waals surface area contributed by atoms with E-state index in [1.807, 2.05) is 26.8 Å². The van der Waals surface area contributed by atoms with Crippen molar-refractivity contribution in [2.75, 3.05) is 0 Å². The van der Waals surface area contributed by atoms with Crippen LogP contribution in [0.2, 0.25) is 0 Å². The molecule has 2 heteroatoms. The molecule has 0 aliphatic carbocycles. The Morgan fingerprint density at radius 2 is 1.59 bits per heavy atom. The second-order valence-corrected chi connectivity index (χ2v) is 4.68. The Labute approximate surface area is 102 Å². The van der Waals surface area contributed by atoms with Crippen LogP contribution in [0.1, 0.15) is 39.7 Å². The quantitative estimate of drug-likeness (QED) is 0.855. The third-order valence-corrected chi connectivity index (χ3v) is 3.16. The normalized spacial score (nSPS) is 12.8. The minimum atomic E-state index is -0.675. The second-order valence-electron chi connectivity index (χ2n) is 4.68. The molecule has 0 saturated carbocycles. The van der Waals surface area contributed by atoms with Crippen molar-refractivity contribution in [1.82, 2.24) is 0 Å². The summed E-state index contributed by atoms with van der Waals surface area (Å²) in [6.45, 7) is 8.06. The maximum atomic E-state index is 10.4. The van der Waals surface area contributed by atoms with Crippen LogP contribution in [0, 0.1) is 27.7 Å². The Morgan fingerprint density at radius 3 is 2.06 bits per heavy atom. The highest BCUT2D eigenvalue weighted by atomic mass is 16.4. The van der Waals surface area contributed by atoms with Crippen molar-refractivity contribution in [2.45, 2.75) is 33.8 Å². The fraction of sp³-hybridized carbons (Fsp3) is 0.333. The molecule has 1 heterocycles. The van der Waals surface area contributed by atoms with Gasteiger partial charge >= 0.3 is 0 Å². The first-order chi connectivity index (χ1) is 8.00. The van der Waals surface area contributed by atoms with Crippen LogP contribution < -0.4 is 0 Å². The van der Waals surface area contributed by atoms with Crippen molar-refractivity contribution in [3.05, 3.63) is 58.0 Å². The predicted molar refractivity (Wildman–Crippen MR) is 68.2 cm³/mol. The summed E-state index contributed by atoms with van der Waals surface area (Å²) in [7, 11) is 0. The molecule has 17 heavy (non-hydrogen) atoms. The SMILES string of the molecule is Cc1cc(C)c(C(O)c2occc2C)c(C)c1. The molecule has 0 aliphatic rings. The molecule has 1 aromatic carbocycles. The smallest absolute Gasteiger partial charge is 0.139 e. The monoisotopic (exact) mass is 230 g/mol. The van der Waals surface area contributed by atoms with Gasteiger partial charge in [-0.15, -0.1) is 0 Å². The van der Waals surface area contributed by atoms with Crippen LogP contribution in [-0.4, -0.2) is 5.11 Å². The number of rotatable bonds is 2. The van der Waals surface area contributed by atoms with E-state index in [9.17, 15) is 5.11 Å². The maximum absolute atomic E-state index is 10.4. The molecular weight excluding hydrogens is 212 g/mol. The van der Waals surface area contributed by atoms with Gasteiger partial charge in [0, 0.05) is 0 Å². The number of aliphatic hydroxyl groups is 1. The number of benzene rings is 1. The van der Waals surface area contributed by atoms with Crippen LogP contribution in [0.15, 0.2) is 28.9 Å². The maximum Gasteiger partial charge on any atom is 0.139 e. The van der Waals surface area contributed by atoms with Gasteiger partial charge in [-0.3, -0.25) is 0 Å². The van der Waals surface area contributed by atoms with Crippen LogP contribution in [-0.2, 0) is 0 Å². The molecule has 0 fully saturated rings. The number of aryl methyl sites for hydroxylation is 4. The molecule has 0 saturated heterocycles. The first-order valence-electron chi connectivity index (χ1n) is 5.80. The van der Waals surface area contributed by atoms with Crippen LogP contribution >= 0.6 is 0 Å². The van der Waals surface area contributed by atoms with Gasteiger partial charge in [0.15, 0.2) is 0 Å². The number of aliphatic hydroxyl groups excluding tert-OH is 1. The predicted octanol–water partition coefficient (Wildman–Crippen LogP) is 3.59. The lowest BCUT2D eigenvalue weighted by atomic mass is 9.93. The zero-order chi connectivity index (χ0) is 12.6. The summed E-state index contributed by atoms with van der Waals surface area (Å²) in [6, 6.07) is 6.05. The summed E-state index contributed by atoms with van der Waals surface area (Å²) in [5, 5.41) is 10.4. The molecule has 0 aliphatic heterocycles. The van der Waals surface area contributed by atoms with Gasteiger partial charge in [0.05, 0.1) is 6.26 Å². The molecule has 1 unspecified atom stereocenters. The summed E-state index contributed by atoms with van der Waals surface area (Å²) in [5.41, 5.74) is 5.36. The van der Waals surface area contributed by atoms with E-state index >= 15 is 0 Å². The molecule has 1 N–H and O–H groups in total. The number of furan rings is 1. The van der Waals surface area contributed by atoms with Crippen LogP contribution in [0.25, 0.3) is 0 Å². The lowest BCUT2D eigenvalue weighted by molar-refractivity contribution is 0.187. The first kappa shape index (κ1) is 11.9. The van der Waals surface area contributed by atoms with Gasteiger partial charge in [0.2, 0.25) is 0 Å². The van der Waals surface area contributed by atoms with E-state index in [4.69, 9.17) is 4.42 Å². The third kappa shape index (κ3) is 2.13. The van der Waals surface area contributed by atoms with Crippen LogP contribution in [0.4, 0.5) is 0 Å². The van der Waals surface area contributed by atoms with E-state index < -0.39 is 6.10 Å². The molecule has 1 aromatic heterocycles. The molecule has 0 bridgehead atoms. The van der Waals surface area contributed by atoms with Gasteiger partial charge in [-0.2, -0.15) is 0 Å². The van der Waals surface area contributed by atoms with E-state index in [0.717, 1.165) is 22.3 Å². The van der Waals surface area contributed by atoms with Gasteiger partial charge in [0.1, 0.15) is 11.9 Å². The molecule has 0 spiro atoms. The summed E-state index contributed by atoms with van der Waals surface area (Å²) in [5.74, 6) is 0.639. The molecule has 1 atom stereocenters. The zero-order valence-corrected chi connectivity index (χ0v) is 10.7. The summed E-state index contributed by atoms with van der Waals surface area (Å²) < 4.78 is 5.37. The summed E-state index contributed by atoms with van der Waals surface area (Å²) in [6.07, 6.45) is 0.942. The Morgan fingerprint density at radius 1 is 1.00 bits per heavy atom. The van der Waals surface area contributed by atoms with Crippen molar-refractivity contribution in [1.29, 1.82) is 0 Å². The van der Waals surface area contributed by atoms with E-state index in [1.165, 1.54) is 5.56 Å². The first-order valence-corrected chi connectivity index (χ1v) is 5.80. The Bertz CT molecular complexity index is 515. The zero-order valence-electron chi connectivity index (χ0n) is 10.7. The van der Waals surface area contributed by atoms with E-state index in [0.29, 0.717) is 5.76 Å². The molecule has 0 amide bonds. The number of hydrogen-bond acceptors (Lipinski definition) is 2. The van der Waals surface area contributed by atoms with E-state index in [1.54, 1.807) is 6.26 Å². The average molecular weight is 230 g/mol. The van der Waals surface area contributed by atoms with Crippen LogP contribution in [0.5, 0.6) is 0 Å². The highest BCUT2D eigenvalue weighted by Gasteiger charge is 2.20. The van der Waals surface area contributed by atoms with Crippen molar-refractivity contribution in [3.8, 4) is 0 Å². The van der Waals surface area contributed by atoms with Gasteiger partial charge in [0.25, 0.3) is 0 Å². The van der Waals surface area contributed by atoms with Crippen molar-refractivity contribution < 1.29 is 9.52 Å². The van der Waals surface area contributed by atoms with Gasteiger partial charge < -0.3 is 9.52 Å². The Kier molecular flexibility index (Phi) is 3.07. The second kappa shape index (κ2) is 4.38. The highest BCUT2D eigenvalue weighted by molar-refractivity contribution is 5.42. The summed E-state index contributed by atoms with van der Waals surface area (Å²) >= 11 is 0. The Hall–Kier alpha value is -1.54. The minimum Gasteiger partial charge on any atom is -0.466 e. The average Bonchev–Trinajstić information content (AvgIpc) is 2.62.